The van der Waals surface area contributed by atoms with Crippen molar-refractivity contribution in [2.24, 2.45) is 0 Å². The molecule has 0 unspecified atom stereocenters. The quantitative estimate of drug-likeness (QED) is 0.476. The van der Waals surface area contributed by atoms with Crippen LogP contribution in [-0.2, 0) is 9.59 Å². The Labute approximate surface area is 173 Å². The molecule has 0 aliphatic carbocycles. The first-order chi connectivity index (χ1) is 14.1. The van der Waals surface area contributed by atoms with E-state index in [-0.39, 0.29) is 17.3 Å². The summed E-state index contributed by atoms with van der Waals surface area (Å²) in [5.41, 5.74) is 2.72. The lowest BCUT2D eigenvalue weighted by Gasteiger charge is -2.06. The van der Waals surface area contributed by atoms with Gasteiger partial charge in [-0.2, -0.15) is 0 Å². The minimum Gasteiger partial charge on any atom is -0.508 e. The van der Waals surface area contributed by atoms with E-state index in [1.807, 2.05) is 24.3 Å². The molecule has 30 heavy (non-hydrogen) atoms. The minimum absolute atomic E-state index is 0.0184. The maximum atomic E-state index is 12.4. The maximum Gasteiger partial charge on any atom is 0.300 e. The Morgan fingerprint density at radius 2 is 1.03 bits per heavy atom. The molecule has 0 aromatic heterocycles. The summed E-state index contributed by atoms with van der Waals surface area (Å²) in [6.07, 6.45) is 0. The van der Waals surface area contributed by atoms with Crippen molar-refractivity contribution in [1.82, 2.24) is 0 Å². The highest BCUT2D eigenvalue weighted by molar-refractivity contribution is 6.10. The number of carbonyl (C=O) groups excluding carboxylic acids is 1. The number of carbonyl (C=O) groups is 3. The Kier molecular flexibility index (Phi) is 9.29. The molecule has 7 heteroatoms. The highest BCUT2D eigenvalue weighted by Crippen LogP contribution is 2.24. The summed E-state index contributed by atoms with van der Waals surface area (Å²) < 4.78 is 0. The number of ketones is 1. The van der Waals surface area contributed by atoms with E-state index >= 15 is 0 Å². The molecule has 0 spiro atoms. The van der Waals surface area contributed by atoms with Gasteiger partial charge in [-0.05, 0) is 35.4 Å². The van der Waals surface area contributed by atoms with Gasteiger partial charge in [0.05, 0.1) is 5.56 Å². The van der Waals surface area contributed by atoms with E-state index in [2.05, 4.69) is 0 Å². The average molecular weight is 410 g/mol. The molecule has 0 aliphatic rings. The third-order valence-corrected chi connectivity index (χ3v) is 3.50. The van der Waals surface area contributed by atoms with Crippen LogP contribution in [0.3, 0.4) is 0 Å². The molecular weight excluding hydrogens is 388 g/mol. The van der Waals surface area contributed by atoms with Crippen LogP contribution in [0.25, 0.3) is 11.1 Å². The first-order valence-electron chi connectivity index (χ1n) is 8.73. The molecule has 4 N–H and O–H groups in total. The predicted molar refractivity (Wildman–Crippen MR) is 112 cm³/mol. The molecule has 0 bridgehead atoms. The molecule has 3 rings (SSSR count). The number of benzene rings is 3. The fraction of sp³-hybridized carbons (Fsp3) is 0.0870. The monoisotopic (exact) mass is 410 g/mol. The largest absolute Gasteiger partial charge is 0.508 e. The van der Waals surface area contributed by atoms with Crippen LogP contribution in [0, 0.1) is 0 Å². The maximum absolute atomic E-state index is 12.4. The normalized spacial score (nSPS) is 9.27. The molecule has 0 atom stereocenters. The number of carboxylic acid groups (broad SMARTS) is 2. The summed E-state index contributed by atoms with van der Waals surface area (Å²) in [4.78, 5) is 30.4. The molecule has 3 aromatic carbocycles. The van der Waals surface area contributed by atoms with E-state index in [0.717, 1.165) is 25.0 Å². The Hall–Kier alpha value is -4.13. The fourth-order valence-corrected chi connectivity index (χ4v) is 2.29. The van der Waals surface area contributed by atoms with Gasteiger partial charge in [-0.15, -0.1) is 0 Å². The van der Waals surface area contributed by atoms with Gasteiger partial charge in [0, 0.05) is 19.4 Å². The van der Waals surface area contributed by atoms with Crippen molar-refractivity contribution in [3.8, 4) is 22.6 Å². The van der Waals surface area contributed by atoms with Crippen LogP contribution in [0.4, 0.5) is 0 Å². The number of hydrogen-bond donors (Lipinski definition) is 4. The lowest BCUT2D eigenvalue weighted by molar-refractivity contribution is -0.135. The molecular formula is C23H22O7. The number of rotatable bonds is 3. The Morgan fingerprint density at radius 3 is 1.47 bits per heavy atom. The molecule has 0 saturated heterocycles. The van der Waals surface area contributed by atoms with Crippen LogP contribution in [0.15, 0.2) is 72.8 Å². The summed E-state index contributed by atoms with van der Waals surface area (Å²) in [5.74, 6) is -1.68. The van der Waals surface area contributed by atoms with Crippen LogP contribution in [0.2, 0.25) is 0 Å². The first-order valence-corrected chi connectivity index (χ1v) is 8.73. The number of phenols is 2. The van der Waals surface area contributed by atoms with E-state index < -0.39 is 11.9 Å². The summed E-state index contributed by atoms with van der Waals surface area (Å²) in [6.45, 7) is 2.17. The zero-order valence-electron chi connectivity index (χ0n) is 16.4. The van der Waals surface area contributed by atoms with Crippen LogP contribution < -0.4 is 0 Å². The smallest absolute Gasteiger partial charge is 0.300 e. The second kappa shape index (κ2) is 11.7. The Bertz CT molecular complexity index is 971. The molecule has 0 radical (unpaired) electrons. The third kappa shape index (κ3) is 8.26. The van der Waals surface area contributed by atoms with E-state index in [1.165, 1.54) is 6.07 Å². The topological polar surface area (TPSA) is 132 Å². The van der Waals surface area contributed by atoms with Crippen molar-refractivity contribution < 1.29 is 34.8 Å². The number of carboxylic acids is 2. The van der Waals surface area contributed by atoms with E-state index in [1.54, 1.807) is 42.5 Å². The fourth-order valence-electron chi connectivity index (χ4n) is 2.29. The lowest BCUT2D eigenvalue weighted by Crippen LogP contribution is -2.01. The lowest BCUT2D eigenvalue weighted by atomic mass is 9.99. The summed E-state index contributed by atoms with van der Waals surface area (Å²) >= 11 is 0. The van der Waals surface area contributed by atoms with Crippen molar-refractivity contribution in [3.05, 3.63) is 83.9 Å². The van der Waals surface area contributed by atoms with E-state index in [0.29, 0.717) is 11.1 Å². The highest BCUT2D eigenvalue weighted by atomic mass is 16.4. The molecule has 0 aliphatic heterocycles. The zero-order chi connectivity index (χ0) is 22.7. The van der Waals surface area contributed by atoms with Gasteiger partial charge in [0.2, 0.25) is 0 Å². The predicted octanol–water partition coefficient (Wildman–Crippen LogP) is 4.18. The number of phenolic OH excluding ortho intramolecular Hbond substituents is 2. The summed E-state index contributed by atoms with van der Waals surface area (Å²) in [6, 6.07) is 20.5. The number of aromatic hydroxyl groups is 2. The SMILES string of the molecule is CC(=O)O.CC(=O)O.O=C(c1ccc(-c2ccc(O)cc2)cc1)c1ccccc1O. The van der Waals surface area contributed by atoms with E-state index in [4.69, 9.17) is 19.8 Å². The molecule has 0 fully saturated rings. The molecule has 0 amide bonds. The summed E-state index contributed by atoms with van der Waals surface area (Å²) in [5, 5.41) is 33.9. The Morgan fingerprint density at radius 1 is 0.633 bits per heavy atom. The van der Waals surface area contributed by atoms with E-state index in [9.17, 15) is 15.0 Å². The first kappa shape index (κ1) is 23.9. The third-order valence-electron chi connectivity index (χ3n) is 3.50. The van der Waals surface area contributed by atoms with Crippen molar-refractivity contribution in [2.45, 2.75) is 13.8 Å². The Balaban J connectivity index is 0.000000485. The van der Waals surface area contributed by atoms with Crippen molar-refractivity contribution >= 4 is 17.7 Å². The minimum atomic E-state index is -0.833. The van der Waals surface area contributed by atoms with Crippen molar-refractivity contribution in [1.29, 1.82) is 0 Å². The van der Waals surface area contributed by atoms with Crippen molar-refractivity contribution in [2.75, 3.05) is 0 Å². The second-order valence-electron chi connectivity index (χ2n) is 6.01. The molecule has 0 saturated carbocycles. The molecule has 7 nitrogen and oxygen atoms in total. The van der Waals surface area contributed by atoms with Gasteiger partial charge in [-0.25, -0.2) is 0 Å². The van der Waals surface area contributed by atoms with Gasteiger partial charge in [0.1, 0.15) is 11.5 Å². The number of hydrogen-bond acceptors (Lipinski definition) is 5. The highest BCUT2D eigenvalue weighted by Gasteiger charge is 2.12. The molecule has 0 heterocycles. The van der Waals surface area contributed by atoms with Crippen molar-refractivity contribution in [3.63, 3.8) is 0 Å². The van der Waals surface area contributed by atoms with Gasteiger partial charge in [0.25, 0.3) is 11.9 Å². The van der Waals surface area contributed by atoms with Gasteiger partial charge in [-0.1, -0.05) is 48.5 Å². The van der Waals surface area contributed by atoms with Crippen LogP contribution in [-0.4, -0.2) is 38.1 Å². The molecule has 156 valence electrons. The van der Waals surface area contributed by atoms with Gasteiger partial charge < -0.3 is 20.4 Å². The molecule has 3 aromatic rings. The van der Waals surface area contributed by atoms with Gasteiger partial charge in [-0.3, -0.25) is 14.4 Å². The average Bonchev–Trinajstić information content (AvgIpc) is 2.68. The number of para-hydroxylation sites is 1. The second-order valence-corrected chi connectivity index (χ2v) is 6.01. The summed E-state index contributed by atoms with van der Waals surface area (Å²) in [7, 11) is 0. The number of aliphatic carboxylic acids is 2. The van der Waals surface area contributed by atoms with Gasteiger partial charge >= 0.3 is 0 Å². The van der Waals surface area contributed by atoms with Crippen LogP contribution in [0.5, 0.6) is 11.5 Å². The zero-order valence-corrected chi connectivity index (χ0v) is 16.4. The standard InChI is InChI=1S/C19H14O3.2C2H4O2/c20-16-11-9-14(10-12-16)13-5-7-15(8-6-13)19(22)17-3-1-2-4-18(17)21;2*1-2(3)4/h1-12,20-21H;2*1H3,(H,3,4). The van der Waals surface area contributed by atoms with Gasteiger partial charge in [0.15, 0.2) is 5.78 Å². The van der Waals surface area contributed by atoms with Crippen LogP contribution >= 0.6 is 0 Å². The van der Waals surface area contributed by atoms with Crippen LogP contribution in [0.1, 0.15) is 29.8 Å².